The lowest BCUT2D eigenvalue weighted by Gasteiger charge is -2.28. The summed E-state index contributed by atoms with van der Waals surface area (Å²) in [4.78, 5) is 2.87. The maximum Gasteiger partial charge on any atom is 0.120 e. The molecule has 3 nitrogen and oxygen atoms in total. The first kappa shape index (κ1) is 13.1. The van der Waals surface area contributed by atoms with Crippen molar-refractivity contribution in [1.29, 1.82) is 0 Å². The van der Waals surface area contributed by atoms with Crippen LogP contribution < -0.4 is 15.4 Å². The van der Waals surface area contributed by atoms with Crippen molar-refractivity contribution in [3.05, 3.63) is 23.8 Å². The zero-order chi connectivity index (χ0) is 13.1. The fraction of sp³-hybridized carbons (Fsp3) is 0.500. The molecular weight excluding hydrogens is 244 g/mol. The summed E-state index contributed by atoms with van der Waals surface area (Å²) in [5, 5.41) is 0. The van der Waals surface area contributed by atoms with E-state index in [-0.39, 0.29) is 0 Å². The van der Waals surface area contributed by atoms with Crippen molar-refractivity contribution in [3.8, 4) is 5.75 Å². The highest BCUT2D eigenvalue weighted by atomic mass is 32.1. The van der Waals surface area contributed by atoms with Gasteiger partial charge in [0, 0.05) is 24.2 Å². The molecule has 1 saturated heterocycles. The number of hydrogen-bond donors (Lipinski definition) is 1. The molecular formula is C14H20N2OS. The van der Waals surface area contributed by atoms with Crippen LogP contribution in [0.1, 0.15) is 31.7 Å². The summed E-state index contributed by atoms with van der Waals surface area (Å²) < 4.78 is 5.31. The molecule has 2 rings (SSSR count). The number of thiocarbonyl (C=S) groups is 1. The molecule has 0 bridgehead atoms. The van der Waals surface area contributed by atoms with E-state index >= 15 is 0 Å². The lowest BCUT2D eigenvalue weighted by atomic mass is 10.1. The normalized spacial score (nSPS) is 19.0. The Morgan fingerprint density at radius 2 is 2.33 bits per heavy atom. The molecule has 1 aliphatic rings. The maximum absolute atomic E-state index is 5.82. The summed E-state index contributed by atoms with van der Waals surface area (Å²) in [6.45, 7) is 3.30. The standard InChI is InChI=1S/C14H20N2OS/c1-3-10-5-4-8-16(10)13-9-11(17-2)6-7-12(13)14(15)18/h6-7,9-10H,3-5,8H2,1-2H3,(H2,15,18). The molecule has 1 aromatic carbocycles. The molecule has 1 atom stereocenters. The van der Waals surface area contributed by atoms with E-state index in [1.165, 1.54) is 12.8 Å². The van der Waals surface area contributed by atoms with Gasteiger partial charge in [-0.25, -0.2) is 0 Å². The van der Waals surface area contributed by atoms with Crippen molar-refractivity contribution in [1.82, 2.24) is 0 Å². The van der Waals surface area contributed by atoms with Gasteiger partial charge in [-0.3, -0.25) is 0 Å². The van der Waals surface area contributed by atoms with Gasteiger partial charge >= 0.3 is 0 Å². The van der Waals surface area contributed by atoms with Crippen molar-refractivity contribution in [2.45, 2.75) is 32.2 Å². The topological polar surface area (TPSA) is 38.5 Å². The third-order valence-corrected chi connectivity index (χ3v) is 3.85. The molecule has 98 valence electrons. The number of anilines is 1. The zero-order valence-electron chi connectivity index (χ0n) is 11.0. The second-order valence-corrected chi connectivity index (χ2v) is 5.08. The highest BCUT2D eigenvalue weighted by molar-refractivity contribution is 7.80. The Labute approximate surface area is 114 Å². The molecule has 0 saturated carbocycles. The Hall–Kier alpha value is -1.29. The van der Waals surface area contributed by atoms with Gasteiger partial charge in [-0.05, 0) is 31.4 Å². The quantitative estimate of drug-likeness (QED) is 0.849. The van der Waals surface area contributed by atoms with E-state index < -0.39 is 0 Å². The number of ether oxygens (including phenoxy) is 1. The van der Waals surface area contributed by atoms with Crippen LogP contribution in [0, 0.1) is 0 Å². The van der Waals surface area contributed by atoms with Crippen LogP contribution >= 0.6 is 12.2 Å². The number of methoxy groups -OCH3 is 1. The van der Waals surface area contributed by atoms with Crippen LogP contribution in [-0.4, -0.2) is 24.7 Å². The van der Waals surface area contributed by atoms with E-state index in [1.807, 2.05) is 18.2 Å². The molecule has 18 heavy (non-hydrogen) atoms. The summed E-state index contributed by atoms with van der Waals surface area (Å²) in [5.74, 6) is 0.853. The molecule has 0 amide bonds. The van der Waals surface area contributed by atoms with Gasteiger partial charge in [-0.15, -0.1) is 0 Å². The van der Waals surface area contributed by atoms with Gasteiger partial charge in [-0.1, -0.05) is 19.1 Å². The summed E-state index contributed by atoms with van der Waals surface area (Å²) in [7, 11) is 1.68. The maximum atomic E-state index is 5.82. The predicted octanol–water partition coefficient (Wildman–Crippen LogP) is 2.71. The van der Waals surface area contributed by atoms with Crippen molar-refractivity contribution in [2.24, 2.45) is 5.73 Å². The summed E-state index contributed by atoms with van der Waals surface area (Å²) >= 11 is 5.15. The van der Waals surface area contributed by atoms with E-state index in [2.05, 4.69) is 11.8 Å². The van der Waals surface area contributed by atoms with Crippen LogP contribution in [0.15, 0.2) is 18.2 Å². The summed E-state index contributed by atoms with van der Waals surface area (Å²) in [5.41, 5.74) is 7.89. The number of hydrogen-bond acceptors (Lipinski definition) is 3. The van der Waals surface area contributed by atoms with Gasteiger partial charge in [0.1, 0.15) is 10.7 Å². The number of nitrogens with zero attached hydrogens (tertiary/aromatic N) is 1. The minimum atomic E-state index is 0.453. The van der Waals surface area contributed by atoms with Gasteiger partial charge in [0.15, 0.2) is 0 Å². The molecule has 0 aromatic heterocycles. The molecule has 4 heteroatoms. The third kappa shape index (κ3) is 2.43. The molecule has 1 unspecified atom stereocenters. The first-order valence-corrected chi connectivity index (χ1v) is 6.82. The highest BCUT2D eigenvalue weighted by Crippen LogP contribution is 2.32. The fourth-order valence-electron chi connectivity index (χ4n) is 2.66. The van der Waals surface area contributed by atoms with E-state index in [4.69, 9.17) is 22.7 Å². The van der Waals surface area contributed by atoms with Gasteiger partial charge in [0.25, 0.3) is 0 Å². The minimum Gasteiger partial charge on any atom is -0.497 e. The smallest absolute Gasteiger partial charge is 0.120 e. The van der Waals surface area contributed by atoms with Gasteiger partial charge in [0.2, 0.25) is 0 Å². The minimum absolute atomic E-state index is 0.453. The molecule has 1 aliphatic heterocycles. The average molecular weight is 264 g/mol. The molecule has 1 fully saturated rings. The molecule has 0 spiro atoms. The monoisotopic (exact) mass is 264 g/mol. The molecule has 2 N–H and O–H groups in total. The van der Waals surface area contributed by atoms with Gasteiger partial charge < -0.3 is 15.4 Å². The lowest BCUT2D eigenvalue weighted by molar-refractivity contribution is 0.414. The van der Waals surface area contributed by atoms with Crippen LogP contribution in [-0.2, 0) is 0 Å². The van der Waals surface area contributed by atoms with Crippen LogP contribution in [0.25, 0.3) is 0 Å². The largest absolute Gasteiger partial charge is 0.497 e. The van der Waals surface area contributed by atoms with E-state index in [1.54, 1.807) is 7.11 Å². The van der Waals surface area contributed by atoms with Crippen molar-refractivity contribution < 1.29 is 4.74 Å². The molecule has 1 aromatic rings. The van der Waals surface area contributed by atoms with Crippen LogP contribution in [0.3, 0.4) is 0 Å². The van der Waals surface area contributed by atoms with E-state index in [0.29, 0.717) is 11.0 Å². The average Bonchev–Trinajstić information content (AvgIpc) is 2.85. The lowest BCUT2D eigenvalue weighted by Crippen LogP contribution is -2.30. The zero-order valence-corrected chi connectivity index (χ0v) is 11.8. The summed E-state index contributed by atoms with van der Waals surface area (Å²) in [6.07, 6.45) is 3.62. The Balaban J connectivity index is 2.42. The SMILES string of the molecule is CCC1CCCN1c1cc(OC)ccc1C(N)=S. The predicted molar refractivity (Wildman–Crippen MR) is 79.5 cm³/mol. The Morgan fingerprint density at radius 1 is 1.56 bits per heavy atom. The third-order valence-electron chi connectivity index (χ3n) is 3.63. The van der Waals surface area contributed by atoms with Gasteiger partial charge in [-0.2, -0.15) is 0 Å². The van der Waals surface area contributed by atoms with Crippen LogP contribution in [0.2, 0.25) is 0 Å². The number of benzene rings is 1. The van der Waals surface area contributed by atoms with Crippen molar-refractivity contribution in [3.63, 3.8) is 0 Å². The molecule has 0 aliphatic carbocycles. The number of nitrogens with two attached hydrogens (primary N) is 1. The first-order valence-electron chi connectivity index (χ1n) is 6.41. The Bertz CT molecular complexity index is 447. The summed E-state index contributed by atoms with van der Waals surface area (Å²) in [6, 6.07) is 6.50. The van der Waals surface area contributed by atoms with Crippen molar-refractivity contribution >= 4 is 22.9 Å². The second-order valence-electron chi connectivity index (χ2n) is 4.65. The first-order chi connectivity index (χ1) is 8.67. The Morgan fingerprint density at radius 3 is 2.94 bits per heavy atom. The highest BCUT2D eigenvalue weighted by Gasteiger charge is 2.25. The Kier molecular flexibility index (Phi) is 4.07. The number of rotatable bonds is 4. The van der Waals surface area contributed by atoms with Crippen LogP contribution in [0.4, 0.5) is 5.69 Å². The van der Waals surface area contributed by atoms with Crippen molar-refractivity contribution in [2.75, 3.05) is 18.6 Å². The molecule has 1 heterocycles. The van der Waals surface area contributed by atoms with Crippen LogP contribution in [0.5, 0.6) is 5.75 Å². The molecule has 0 radical (unpaired) electrons. The van der Waals surface area contributed by atoms with E-state index in [0.717, 1.165) is 30.0 Å². The second kappa shape index (κ2) is 5.57. The van der Waals surface area contributed by atoms with Gasteiger partial charge in [0.05, 0.1) is 12.8 Å². The van der Waals surface area contributed by atoms with E-state index in [9.17, 15) is 0 Å². The fourth-order valence-corrected chi connectivity index (χ4v) is 2.83.